The van der Waals surface area contributed by atoms with Gasteiger partial charge in [-0.25, -0.2) is 24.6 Å². The number of nitrogens with one attached hydrogen (secondary N) is 1. The molecule has 0 aromatic carbocycles. The van der Waals surface area contributed by atoms with E-state index in [2.05, 4.69) is 15.4 Å². The second-order valence-corrected chi connectivity index (χ2v) is 8.10. The van der Waals surface area contributed by atoms with Gasteiger partial charge in [0.15, 0.2) is 17.5 Å². The van der Waals surface area contributed by atoms with Crippen LogP contribution >= 0.6 is 11.3 Å². The van der Waals surface area contributed by atoms with Gasteiger partial charge in [-0.1, -0.05) is 13.0 Å². The van der Waals surface area contributed by atoms with Crippen molar-refractivity contribution in [2.45, 2.75) is 39.3 Å². The number of allylic oxidation sites excluding steroid dienone is 3. The Morgan fingerprint density at radius 1 is 1.45 bits per heavy atom. The first kappa shape index (κ1) is 22.8. The molecule has 0 amide bonds. The van der Waals surface area contributed by atoms with E-state index >= 15 is 0 Å². The smallest absolute Gasteiger partial charge is 0.173 e. The Labute approximate surface area is 183 Å². The van der Waals surface area contributed by atoms with Crippen LogP contribution in [0.2, 0.25) is 0 Å². The number of fused-ring (bicyclic) bond motifs is 1. The summed E-state index contributed by atoms with van der Waals surface area (Å²) in [7, 11) is 0. The van der Waals surface area contributed by atoms with Crippen molar-refractivity contribution in [3.8, 4) is 10.6 Å². The summed E-state index contributed by atoms with van der Waals surface area (Å²) < 4.78 is 28.6. The first-order chi connectivity index (χ1) is 14.9. The van der Waals surface area contributed by atoms with Gasteiger partial charge in [-0.15, -0.1) is 11.3 Å². The number of anilines is 1. The van der Waals surface area contributed by atoms with Crippen LogP contribution < -0.4 is 22.7 Å². The number of halogens is 2. The van der Waals surface area contributed by atoms with Gasteiger partial charge in [0, 0.05) is 36.1 Å². The van der Waals surface area contributed by atoms with E-state index in [0.717, 1.165) is 41.3 Å². The second kappa shape index (κ2) is 9.94. The van der Waals surface area contributed by atoms with Gasteiger partial charge in [0.05, 0.1) is 17.3 Å². The second-order valence-electron chi connectivity index (χ2n) is 7.01. The molecule has 3 heterocycles. The van der Waals surface area contributed by atoms with Gasteiger partial charge < -0.3 is 16.9 Å². The molecule has 0 bridgehead atoms. The monoisotopic (exact) mass is 448 g/mol. The van der Waals surface area contributed by atoms with Crippen molar-refractivity contribution in [1.82, 2.24) is 20.3 Å². The minimum absolute atomic E-state index is 0.0234. The molecule has 7 N–H and O–H groups in total. The van der Waals surface area contributed by atoms with E-state index in [1.807, 2.05) is 6.92 Å². The van der Waals surface area contributed by atoms with E-state index in [9.17, 15) is 8.78 Å². The molecule has 1 aliphatic heterocycles. The van der Waals surface area contributed by atoms with Gasteiger partial charge in [0.25, 0.3) is 0 Å². The standard InChI is InChI=1S/C20H26F2N8S/c1-3-4-5-14(21)17(22)11(2)30(25)19(29-24)13-8-12(9-27-18(13)23)20-28-15-6-7-26-10-16(15)31-20/h4-5,8-9,11,26H,3,6-7,10,24-25H2,1-2H3,(H2,23,27)/b5-4-,17-14-,29-19-. The van der Waals surface area contributed by atoms with E-state index in [0.29, 0.717) is 17.5 Å². The minimum atomic E-state index is -1.18. The van der Waals surface area contributed by atoms with Gasteiger partial charge in [0.1, 0.15) is 10.8 Å². The highest BCUT2D eigenvalue weighted by Gasteiger charge is 2.25. The number of rotatable bonds is 6. The Hall–Kier alpha value is -2.89. The number of nitrogens with zero attached hydrogens (tertiary/aromatic N) is 4. The average molecular weight is 449 g/mol. The SMILES string of the molecule is CC/C=C\C(F)=C(\F)C(C)N(N)/C(=N\N)c1cc(-c2nc3c(s2)CNCC3)cnc1N. The molecule has 11 heteroatoms. The van der Waals surface area contributed by atoms with Crippen LogP contribution in [0.4, 0.5) is 14.6 Å². The van der Waals surface area contributed by atoms with Crippen molar-refractivity contribution in [3.63, 3.8) is 0 Å². The summed E-state index contributed by atoms with van der Waals surface area (Å²) in [5.74, 6) is 9.64. The zero-order chi connectivity index (χ0) is 22.5. The molecule has 31 heavy (non-hydrogen) atoms. The third kappa shape index (κ3) is 4.89. The lowest BCUT2D eigenvalue weighted by Gasteiger charge is -2.26. The van der Waals surface area contributed by atoms with Crippen LogP contribution in [0.3, 0.4) is 0 Å². The maximum Gasteiger partial charge on any atom is 0.173 e. The maximum atomic E-state index is 14.5. The van der Waals surface area contributed by atoms with Crippen LogP contribution in [0.1, 0.15) is 36.4 Å². The number of hydrazine groups is 1. The molecule has 0 saturated heterocycles. The minimum Gasteiger partial charge on any atom is -0.383 e. The summed E-state index contributed by atoms with van der Waals surface area (Å²) >= 11 is 1.56. The Morgan fingerprint density at radius 3 is 2.90 bits per heavy atom. The van der Waals surface area contributed by atoms with Crippen LogP contribution in [-0.4, -0.2) is 33.4 Å². The van der Waals surface area contributed by atoms with Crippen molar-refractivity contribution in [1.29, 1.82) is 0 Å². The molecule has 0 radical (unpaired) electrons. The summed E-state index contributed by atoms with van der Waals surface area (Å²) in [4.78, 5) is 10.1. The van der Waals surface area contributed by atoms with Gasteiger partial charge in [-0.2, -0.15) is 5.10 Å². The first-order valence-corrected chi connectivity index (χ1v) is 10.7. The summed E-state index contributed by atoms with van der Waals surface area (Å²) in [6.07, 6.45) is 5.60. The number of aromatic nitrogens is 2. The highest BCUT2D eigenvalue weighted by Crippen LogP contribution is 2.31. The molecule has 0 aliphatic carbocycles. The molecule has 1 unspecified atom stereocenters. The highest BCUT2D eigenvalue weighted by molar-refractivity contribution is 7.15. The van der Waals surface area contributed by atoms with Crippen LogP contribution in [-0.2, 0) is 13.0 Å². The zero-order valence-electron chi connectivity index (χ0n) is 17.4. The number of pyridine rings is 1. The number of hydrogen-bond acceptors (Lipinski definition) is 8. The first-order valence-electron chi connectivity index (χ1n) is 9.86. The number of nitrogens with two attached hydrogens (primary N) is 3. The van der Waals surface area contributed by atoms with E-state index in [-0.39, 0.29) is 11.7 Å². The van der Waals surface area contributed by atoms with Crippen molar-refractivity contribution < 1.29 is 8.78 Å². The average Bonchev–Trinajstić information content (AvgIpc) is 3.22. The fourth-order valence-corrected chi connectivity index (χ4v) is 4.16. The van der Waals surface area contributed by atoms with E-state index in [1.54, 1.807) is 23.6 Å². The van der Waals surface area contributed by atoms with E-state index in [1.165, 1.54) is 17.9 Å². The number of hydrazone groups is 1. The van der Waals surface area contributed by atoms with Crippen molar-refractivity contribution in [2.75, 3.05) is 12.3 Å². The Kier molecular flexibility index (Phi) is 7.31. The van der Waals surface area contributed by atoms with Crippen LogP contribution in [0.15, 0.2) is 41.2 Å². The fraction of sp³-hybridized carbons (Fsp3) is 0.350. The number of amidine groups is 1. The molecule has 166 valence electrons. The summed E-state index contributed by atoms with van der Waals surface area (Å²) in [5, 5.41) is 8.71. The fourth-order valence-electron chi connectivity index (χ4n) is 3.10. The van der Waals surface area contributed by atoms with Gasteiger partial charge in [0.2, 0.25) is 0 Å². The summed E-state index contributed by atoms with van der Waals surface area (Å²) in [6, 6.07) is 0.526. The lowest BCUT2D eigenvalue weighted by molar-refractivity contribution is 0.322. The molecule has 0 saturated carbocycles. The topological polar surface area (TPSA) is 131 Å². The molecule has 0 spiro atoms. The Morgan fingerprint density at radius 2 is 2.23 bits per heavy atom. The predicted molar refractivity (Wildman–Crippen MR) is 120 cm³/mol. The number of thiazole rings is 1. The normalized spacial score (nSPS) is 16.2. The van der Waals surface area contributed by atoms with Crippen molar-refractivity contribution in [3.05, 3.63) is 52.2 Å². The largest absolute Gasteiger partial charge is 0.383 e. The third-order valence-electron chi connectivity index (χ3n) is 4.89. The van der Waals surface area contributed by atoms with E-state index < -0.39 is 17.7 Å². The summed E-state index contributed by atoms with van der Waals surface area (Å²) in [5.41, 5.74) is 8.10. The lowest BCUT2D eigenvalue weighted by atomic mass is 10.1. The Bertz CT molecular complexity index is 1010. The molecule has 1 aliphatic rings. The van der Waals surface area contributed by atoms with Crippen molar-refractivity contribution in [2.24, 2.45) is 16.8 Å². The van der Waals surface area contributed by atoms with E-state index in [4.69, 9.17) is 22.4 Å². The molecule has 3 rings (SSSR count). The predicted octanol–water partition coefficient (Wildman–Crippen LogP) is 2.73. The highest BCUT2D eigenvalue weighted by atomic mass is 32.1. The molecule has 2 aromatic heterocycles. The van der Waals surface area contributed by atoms with Crippen LogP contribution in [0, 0.1) is 0 Å². The van der Waals surface area contributed by atoms with Gasteiger partial charge >= 0.3 is 0 Å². The lowest BCUT2D eigenvalue weighted by Crippen LogP contribution is -2.46. The summed E-state index contributed by atoms with van der Waals surface area (Å²) in [6.45, 7) is 4.87. The third-order valence-corrected chi connectivity index (χ3v) is 6.03. The molecule has 1 atom stereocenters. The number of hydrogen-bond donors (Lipinski definition) is 4. The van der Waals surface area contributed by atoms with Crippen LogP contribution in [0.25, 0.3) is 10.6 Å². The molecular weight excluding hydrogens is 422 g/mol. The quantitative estimate of drug-likeness (QED) is 0.176. The molecule has 2 aromatic rings. The molecular formula is C20H26F2N8S. The zero-order valence-corrected chi connectivity index (χ0v) is 18.2. The molecule has 8 nitrogen and oxygen atoms in total. The van der Waals surface area contributed by atoms with Gasteiger partial charge in [-0.3, -0.25) is 5.01 Å². The van der Waals surface area contributed by atoms with Crippen molar-refractivity contribution >= 4 is 23.0 Å². The maximum absolute atomic E-state index is 14.5. The Balaban J connectivity index is 1.93. The number of nitrogen functional groups attached to an aromatic ring is 1. The van der Waals surface area contributed by atoms with Gasteiger partial charge in [-0.05, 0) is 25.5 Å². The van der Waals surface area contributed by atoms with Crippen LogP contribution in [0.5, 0.6) is 0 Å². The molecule has 0 fully saturated rings.